The van der Waals surface area contributed by atoms with Crippen molar-refractivity contribution < 1.29 is 8.83 Å². The number of para-hydroxylation sites is 4. The highest BCUT2D eigenvalue weighted by Gasteiger charge is 2.38. The maximum Gasteiger partial charge on any atom is 0.160 e. The van der Waals surface area contributed by atoms with Crippen LogP contribution in [-0.2, 0) is 5.41 Å². The molecule has 62 heavy (non-hydrogen) atoms. The molecule has 4 nitrogen and oxygen atoms in total. The van der Waals surface area contributed by atoms with Gasteiger partial charge in [0.15, 0.2) is 11.2 Å². The molecule has 2 unspecified atom stereocenters. The van der Waals surface area contributed by atoms with Crippen molar-refractivity contribution >= 4 is 94.5 Å². The molecule has 2 aliphatic carbocycles. The van der Waals surface area contributed by atoms with Gasteiger partial charge in [-0.3, -0.25) is 0 Å². The van der Waals surface area contributed by atoms with Gasteiger partial charge in [-0.25, -0.2) is 0 Å². The summed E-state index contributed by atoms with van der Waals surface area (Å²) in [4.78, 5) is 3.78. The van der Waals surface area contributed by atoms with Crippen LogP contribution in [0.15, 0.2) is 196 Å². The van der Waals surface area contributed by atoms with E-state index in [1.54, 1.807) is 0 Å². The van der Waals surface area contributed by atoms with E-state index in [4.69, 9.17) is 8.83 Å². The van der Waals surface area contributed by atoms with E-state index in [-0.39, 0.29) is 5.41 Å². The normalized spacial score (nSPS) is 17.1. The van der Waals surface area contributed by atoms with Gasteiger partial charge in [0.1, 0.15) is 16.9 Å². The summed E-state index contributed by atoms with van der Waals surface area (Å²) in [6.45, 7) is 4.72. The number of rotatable bonds is 4. The monoisotopic (exact) mass is 814 g/mol. The number of anilines is 3. The fraction of sp³-hybridized carbons (Fsp3) is 0.0877. The Hall–Kier alpha value is -7.21. The lowest BCUT2D eigenvalue weighted by atomic mass is 9.82. The molecule has 4 heterocycles. The SMILES string of the molecule is CC1(C)c2ccccc2-c2ccc(N(c3cccc4c3SC3C=CC=CC43)c3cccc4c3oc3c(-n5c6ccccc6c6ccccc65)c5c(cc34)oc3ccccc35)cc21. The molecule has 3 aliphatic rings. The van der Waals surface area contributed by atoms with Gasteiger partial charge in [-0.1, -0.05) is 147 Å². The summed E-state index contributed by atoms with van der Waals surface area (Å²) >= 11 is 1.97. The van der Waals surface area contributed by atoms with E-state index < -0.39 is 0 Å². The van der Waals surface area contributed by atoms with Crippen molar-refractivity contribution in [2.75, 3.05) is 4.90 Å². The van der Waals surface area contributed by atoms with Crippen molar-refractivity contribution in [2.45, 2.75) is 35.3 Å². The van der Waals surface area contributed by atoms with Crippen LogP contribution in [0, 0.1) is 0 Å². The molecule has 2 atom stereocenters. The number of hydrogen-bond acceptors (Lipinski definition) is 4. The molecule has 0 saturated heterocycles. The molecule has 0 spiro atoms. The van der Waals surface area contributed by atoms with Crippen LogP contribution < -0.4 is 4.90 Å². The maximum absolute atomic E-state index is 7.55. The third-order valence-electron chi connectivity index (χ3n) is 13.9. The average Bonchev–Trinajstić information content (AvgIpc) is 4.11. The lowest BCUT2D eigenvalue weighted by molar-refractivity contribution is 0.660. The van der Waals surface area contributed by atoms with E-state index in [1.165, 1.54) is 43.5 Å². The number of thioether (sulfide) groups is 1. The largest absolute Gasteiger partial charge is 0.456 e. The van der Waals surface area contributed by atoms with Crippen LogP contribution in [0.25, 0.3) is 82.5 Å². The van der Waals surface area contributed by atoms with Crippen LogP contribution in [-0.4, -0.2) is 9.82 Å². The quantitative estimate of drug-likeness (QED) is 0.177. The Morgan fingerprint density at radius 3 is 2.10 bits per heavy atom. The van der Waals surface area contributed by atoms with Gasteiger partial charge in [0, 0.05) is 54.1 Å². The molecule has 14 rings (SSSR count). The highest BCUT2D eigenvalue weighted by molar-refractivity contribution is 8.00. The van der Waals surface area contributed by atoms with Gasteiger partial charge in [-0.05, 0) is 76.3 Å². The first-order chi connectivity index (χ1) is 30.5. The molecule has 11 aromatic rings. The number of hydrogen-bond donors (Lipinski definition) is 0. The van der Waals surface area contributed by atoms with Gasteiger partial charge in [-0.15, -0.1) is 11.8 Å². The molecule has 0 saturated carbocycles. The Labute approximate surface area is 362 Å². The Morgan fingerprint density at radius 1 is 0.548 bits per heavy atom. The van der Waals surface area contributed by atoms with Gasteiger partial charge >= 0.3 is 0 Å². The van der Waals surface area contributed by atoms with Crippen LogP contribution in [0.3, 0.4) is 0 Å². The minimum absolute atomic E-state index is 0.162. The summed E-state index contributed by atoms with van der Waals surface area (Å²) in [6, 6.07) is 57.5. The van der Waals surface area contributed by atoms with Crippen molar-refractivity contribution in [1.29, 1.82) is 0 Å². The van der Waals surface area contributed by atoms with Crippen molar-refractivity contribution in [1.82, 2.24) is 4.57 Å². The molecule has 0 fully saturated rings. The summed E-state index contributed by atoms with van der Waals surface area (Å²) in [6.07, 6.45) is 9.11. The van der Waals surface area contributed by atoms with Gasteiger partial charge in [0.25, 0.3) is 0 Å². The van der Waals surface area contributed by atoms with Crippen molar-refractivity contribution in [3.8, 4) is 16.8 Å². The third-order valence-corrected chi connectivity index (χ3v) is 15.3. The topological polar surface area (TPSA) is 34.5 Å². The number of benzene rings is 8. The first kappa shape index (κ1) is 34.5. The van der Waals surface area contributed by atoms with Crippen LogP contribution >= 0.6 is 11.8 Å². The molecule has 3 aromatic heterocycles. The smallest absolute Gasteiger partial charge is 0.160 e. The van der Waals surface area contributed by atoms with E-state index in [1.807, 2.05) is 17.8 Å². The molecular weight excluding hydrogens is 777 g/mol. The van der Waals surface area contributed by atoms with Gasteiger partial charge in [0.05, 0.1) is 27.8 Å². The highest BCUT2D eigenvalue weighted by atomic mass is 32.2. The predicted molar refractivity (Wildman–Crippen MR) is 258 cm³/mol. The molecular formula is C57H38N2O2S. The summed E-state index contributed by atoms with van der Waals surface area (Å²) < 4.78 is 16.7. The number of fused-ring (bicyclic) bond motifs is 15. The summed E-state index contributed by atoms with van der Waals surface area (Å²) in [5.74, 6) is 0.330. The Bertz CT molecular complexity index is 3750. The Morgan fingerprint density at radius 2 is 1.24 bits per heavy atom. The first-order valence-corrected chi connectivity index (χ1v) is 22.4. The van der Waals surface area contributed by atoms with Crippen molar-refractivity contribution in [3.05, 3.63) is 199 Å². The highest BCUT2D eigenvalue weighted by Crippen LogP contribution is 2.57. The van der Waals surface area contributed by atoms with Crippen LogP contribution in [0.4, 0.5) is 17.1 Å². The molecule has 0 bridgehead atoms. The predicted octanol–water partition coefficient (Wildman–Crippen LogP) is 16.0. The van der Waals surface area contributed by atoms with E-state index in [0.717, 1.165) is 77.7 Å². The minimum atomic E-state index is -0.162. The second kappa shape index (κ2) is 12.4. The molecule has 0 N–H and O–H groups in total. The van der Waals surface area contributed by atoms with Crippen LogP contribution in [0.1, 0.15) is 36.5 Å². The fourth-order valence-electron chi connectivity index (χ4n) is 11.1. The van der Waals surface area contributed by atoms with E-state index in [0.29, 0.717) is 11.2 Å². The second-order valence-electron chi connectivity index (χ2n) is 17.5. The maximum atomic E-state index is 7.55. The zero-order valence-corrected chi connectivity index (χ0v) is 34.9. The number of furan rings is 2. The number of nitrogens with zero attached hydrogens (tertiary/aromatic N) is 2. The van der Waals surface area contributed by atoms with E-state index in [9.17, 15) is 0 Å². The molecule has 0 radical (unpaired) electrons. The van der Waals surface area contributed by atoms with E-state index >= 15 is 0 Å². The molecule has 294 valence electrons. The Balaban J connectivity index is 1.09. The summed E-state index contributed by atoms with van der Waals surface area (Å²) in [5.41, 5.74) is 16.4. The fourth-order valence-corrected chi connectivity index (χ4v) is 12.6. The zero-order valence-electron chi connectivity index (χ0n) is 34.1. The Kier molecular flexibility index (Phi) is 6.92. The lowest BCUT2D eigenvalue weighted by Crippen LogP contribution is -2.17. The molecule has 5 heteroatoms. The van der Waals surface area contributed by atoms with Crippen molar-refractivity contribution in [3.63, 3.8) is 0 Å². The second-order valence-corrected chi connectivity index (χ2v) is 18.7. The summed E-state index contributed by atoms with van der Waals surface area (Å²) in [7, 11) is 0. The molecule has 1 aliphatic heterocycles. The number of aromatic nitrogens is 1. The zero-order chi connectivity index (χ0) is 40.8. The first-order valence-electron chi connectivity index (χ1n) is 21.5. The third kappa shape index (κ3) is 4.53. The van der Waals surface area contributed by atoms with Gasteiger partial charge in [-0.2, -0.15) is 0 Å². The average molecular weight is 815 g/mol. The minimum Gasteiger partial charge on any atom is -0.456 e. The van der Waals surface area contributed by atoms with Crippen LogP contribution in [0.5, 0.6) is 0 Å². The summed E-state index contributed by atoms with van der Waals surface area (Å²) in [5, 5.41) is 6.92. The van der Waals surface area contributed by atoms with E-state index in [2.05, 4.69) is 199 Å². The molecule has 0 amide bonds. The number of allylic oxidation sites excluding steroid dienone is 3. The van der Waals surface area contributed by atoms with Gasteiger partial charge < -0.3 is 18.3 Å². The van der Waals surface area contributed by atoms with Crippen molar-refractivity contribution in [2.24, 2.45) is 0 Å². The standard InChI is InChI=1S/C57H38N2O2S/c1-57(2)43-22-8-3-15-34(43)35-30-29-33(31-44(35)57)58(48-26-14-21-40-38-18-7-12-28-51(38)62-56(40)48)47-25-13-20-39-42-32-50-52(41-19-6-11-27-49(41)60-50)53(55(42)61-54(39)47)59-45-23-9-4-16-36(45)37-17-5-10-24-46(37)59/h3-32,38,51H,1-2H3. The van der Waals surface area contributed by atoms with Gasteiger partial charge in [0.2, 0.25) is 0 Å². The molecule has 8 aromatic carbocycles. The van der Waals surface area contributed by atoms with Crippen LogP contribution in [0.2, 0.25) is 0 Å². The lowest BCUT2D eigenvalue weighted by Gasteiger charge is -2.29.